The highest BCUT2D eigenvalue weighted by Crippen LogP contribution is 2.26. The van der Waals surface area contributed by atoms with Crippen molar-refractivity contribution in [3.8, 4) is 11.5 Å². The molecule has 10 nitrogen and oxygen atoms in total. The Hall–Kier alpha value is -4.20. The second-order valence-electron chi connectivity index (χ2n) is 8.65. The minimum Gasteiger partial charge on any atom is -0.497 e. The van der Waals surface area contributed by atoms with E-state index in [4.69, 9.17) is 9.84 Å². The van der Waals surface area contributed by atoms with E-state index in [2.05, 4.69) is 10.1 Å². The third-order valence-electron chi connectivity index (χ3n) is 5.81. The van der Waals surface area contributed by atoms with Crippen molar-refractivity contribution in [3.63, 3.8) is 0 Å². The van der Waals surface area contributed by atoms with Crippen molar-refractivity contribution in [1.29, 1.82) is 0 Å². The van der Waals surface area contributed by atoms with Gasteiger partial charge in [-0.3, -0.25) is 24.1 Å². The highest BCUT2D eigenvalue weighted by molar-refractivity contribution is 5.93. The molecular formula is C25H25F4N3O7. The molecule has 2 amide bonds. The Morgan fingerprint density at radius 3 is 2.38 bits per heavy atom. The van der Waals surface area contributed by atoms with E-state index >= 15 is 0 Å². The molecule has 1 aliphatic heterocycles. The van der Waals surface area contributed by atoms with E-state index in [1.807, 2.05) is 6.07 Å². The lowest BCUT2D eigenvalue weighted by atomic mass is 10.1. The third kappa shape index (κ3) is 7.89. The number of ketones is 1. The molecule has 1 heterocycles. The van der Waals surface area contributed by atoms with Gasteiger partial charge in [-0.1, -0.05) is 12.1 Å². The first-order valence-corrected chi connectivity index (χ1v) is 11.6. The number of hydrogen-bond donors (Lipinski definition) is 2. The number of carboxylic acids is 1. The van der Waals surface area contributed by atoms with Crippen LogP contribution >= 0.6 is 0 Å². The summed E-state index contributed by atoms with van der Waals surface area (Å²) in [5, 5.41) is 11.3. The van der Waals surface area contributed by atoms with Gasteiger partial charge in [0.05, 0.1) is 26.6 Å². The predicted octanol–water partition coefficient (Wildman–Crippen LogP) is 1.50. The number of carbonyl (C=O) groups is 4. The summed E-state index contributed by atoms with van der Waals surface area (Å²) in [4.78, 5) is 51.9. The number of halogens is 4. The number of hydrogen-bond acceptors (Lipinski definition) is 7. The fourth-order valence-electron chi connectivity index (χ4n) is 3.84. The zero-order valence-electron chi connectivity index (χ0n) is 20.7. The molecule has 2 N–H and O–H groups in total. The van der Waals surface area contributed by atoms with Crippen molar-refractivity contribution in [2.45, 2.75) is 19.0 Å². The van der Waals surface area contributed by atoms with Crippen molar-refractivity contribution in [1.82, 2.24) is 15.1 Å². The molecule has 2 aromatic rings. The Morgan fingerprint density at radius 2 is 1.77 bits per heavy atom. The van der Waals surface area contributed by atoms with Crippen molar-refractivity contribution in [2.24, 2.45) is 0 Å². The summed E-state index contributed by atoms with van der Waals surface area (Å²) >= 11 is 0. The van der Waals surface area contributed by atoms with Gasteiger partial charge in [-0.05, 0) is 17.7 Å². The maximum Gasteiger partial charge on any atom is 0.305 e. The van der Waals surface area contributed by atoms with Crippen LogP contribution in [0.25, 0.3) is 0 Å². The van der Waals surface area contributed by atoms with Crippen LogP contribution in [0.15, 0.2) is 30.3 Å². The minimum atomic E-state index is -1.88. The number of Topliss-reactive ketones (excluding diaryl/α,β-unsaturated/α-hetero) is 1. The number of nitrogens with zero attached hydrogens (tertiary/aromatic N) is 2. The number of rotatable bonds is 12. The first-order valence-electron chi connectivity index (χ1n) is 11.6. The first kappa shape index (κ1) is 29.4. The van der Waals surface area contributed by atoms with E-state index in [0.717, 1.165) is 5.56 Å². The van der Waals surface area contributed by atoms with Gasteiger partial charge in [-0.2, -0.15) is 8.78 Å². The summed E-state index contributed by atoms with van der Waals surface area (Å²) in [6, 6.07) is 5.48. The lowest BCUT2D eigenvalue weighted by molar-refractivity contribution is -0.140. The molecule has 0 saturated carbocycles. The van der Waals surface area contributed by atoms with E-state index in [1.54, 1.807) is 23.1 Å². The molecule has 39 heavy (non-hydrogen) atoms. The van der Waals surface area contributed by atoms with E-state index in [9.17, 15) is 36.7 Å². The highest BCUT2D eigenvalue weighted by Gasteiger charge is 2.29. The second kappa shape index (κ2) is 13.0. The quantitative estimate of drug-likeness (QED) is 0.298. The molecule has 1 atom stereocenters. The number of aliphatic carboxylic acids is 1. The van der Waals surface area contributed by atoms with Crippen LogP contribution in [0.1, 0.15) is 12.0 Å². The summed E-state index contributed by atoms with van der Waals surface area (Å²) < 4.78 is 64.0. The number of nitrogens with one attached hydrogen (secondary N) is 1. The standard InChI is InChI=1S/C25H25F4N3O7/c1-38-15-4-2-3-14(7-15)10-32-6-5-31(12-21(32)35)11-20(34)30-18(9-22(36)37)19(33)13-39-25-23(28)16(26)8-17(27)24(25)29/h2-4,7-8,18H,5-6,9-13H2,1H3,(H,30,34)(H,36,37). The molecule has 1 unspecified atom stereocenters. The summed E-state index contributed by atoms with van der Waals surface area (Å²) in [6.45, 7) is -0.690. The fraction of sp³-hybridized carbons (Fsp3) is 0.360. The smallest absolute Gasteiger partial charge is 0.305 e. The van der Waals surface area contributed by atoms with Crippen LogP contribution in [-0.2, 0) is 25.7 Å². The minimum absolute atomic E-state index is 0.0455. The largest absolute Gasteiger partial charge is 0.497 e. The van der Waals surface area contributed by atoms with Crippen LogP contribution in [0, 0.1) is 23.3 Å². The van der Waals surface area contributed by atoms with Crippen molar-refractivity contribution in [2.75, 3.05) is 39.9 Å². The Balaban J connectivity index is 1.55. The summed E-state index contributed by atoms with van der Waals surface area (Å²) in [5.74, 6) is -11.8. The molecule has 1 fully saturated rings. The van der Waals surface area contributed by atoms with Crippen molar-refractivity contribution < 1.29 is 51.3 Å². The molecule has 1 aliphatic rings. The molecule has 0 radical (unpaired) electrons. The Morgan fingerprint density at radius 1 is 1.08 bits per heavy atom. The maximum absolute atomic E-state index is 13.8. The van der Waals surface area contributed by atoms with Gasteiger partial charge in [0.1, 0.15) is 18.4 Å². The average molecular weight is 555 g/mol. The highest BCUT2D eigenvalue weighted by atomic mass is 19.2. The fourth-order valence-corrected chi connectivity index (χ4v) is 3.84. The number of piperazine rings is 1. The number of methoxy groups -OCH3 is 1. The van der Waals surface area contributed by atoms with Gasteiger partial charge in [0.2, 0.25) is 23.4 Å². The summed E-state index contributed by atoms with van der Waals surface area (Å²) in [5.41, 5.74) is 0.854. The monoisotopic (exact) mass is 555 g/mol. The maximum atomic E-state index is 13.8. The number of amides is 2. The number of benzene rings is 2. The molecule has 0 spiro atoms. The van der Waals surface area contributed by atoms with E-state index < -0.39 is 65.7 Å². The van der Waals surface area contributed by atoms with E-state index in [-0.39, 0.29) is 25.1 Å². The van der Waals surface area contributed by atoms with Crippen molar-refractivity contribution >= 4 is 23.6 Å². The second-order valence-corrected chi connectivity index (χ2v) is 8.65. The Bertz CT molecular complexity index is 1230. The molecular weight excluding hydrogens is 530 g/mol. The van der Waals surface area contributed by atoms with Gasteiger partial charge in [0, 0.05) is 25.7 Å². The zero-order chi connectivity index (χ0) is 28.7. The van der Waals surface area contributed by atoms with Crippen LogP contribution in [0.2, 0.25) is 0 Å². The van der Waals surface area contributed by atoms with Gasteiger partial charge in [0.15, 0.2) is 23.2 Å². The molecule has 0 aromatic heterocycles. The van der Waals surface area contributed by atoms with E-state index in [1.165, 1.54) is 12.0 Å². The zero-order valence-corrected chi connectivity index (χ0v) is 20.7. The molecule has 3 rings (SSSR count). The predicted molar refractivity (Wildman–Crippen MR) is 126 cm³/mol. The van der Waals surface area contributed by atoms with Crippen molar-refractivity contribution in [3.05, 3.63) is 59.2 Å². The van der Waals surface area contributed by atoms with Crippen LogP contribution in [0.3, 0.4) is 0 Å². The van der Waals surface area contributed by atoms with Crippen LogP contribution in [0.4, 0.5) is 17.6 Å². The average Bonchev–Trinajstić information content (AvgIpc) is 2.88. The van der Waals surface area contributed by atoms with Gasteiger partial charge in [-0.25, -0.2) is 8.78 Å². The summed E-state index contributed by atoms with van der Waals surface area (Å²) in [7, 11) is 1.53. The summed E-state index contributed by atoms with van der Waals surface area (Å²) in [6.07, 6.45) is -0.899. The number of ether oxygens (including phenoxy) is 2. The van der Waals surface area contributed by atoms with Crippen LogP contribution in [-0.4, -0.2) is 84.4 Å². The van der Waals surface area contributed by atoms with Gasteiger partial charge in [-0.15, -0.1) is 0 Å². The molecule has 210 valence electrons. The Labute approximate surface area is 220 Å². The van der Waals surface area contributed by atoms with Gasteiger partial charge >= 0.3 is 5.97 Å². The topological polar surface area (TPSA) is 125 Å². The van der Waals surface area contributed by atoms with Gasteiger partial charge < -0.3 is 24.8 Å². The molecule has 0 aliphatic carbocycles. The first-order chi connectivity index (χ1) is 18.5. The molecule has 0 bridgehead atoms. The molecule has 1 saturated heterocycles. The lowest BCUT2D eigenvalue weighted by Gasteiger charge is -2.34. The van der Waals surface area contributed by atoms with E-state index in [0.29, 0.717) is 25.4 Å². The normalized spacial score (nSPS) is 14.6. The Kier molecular flexibility index (Phi) is 9.82. The SMILES string of the molecule is COc1cccc(CN2CCN(CC(=O)NC(CC(=O)O)C(=O)COc3c(F)c(F)cc(F)c3F)CC2=O)c1. The molecule has 14 heteroatoms. The molecule has 2 aromatic carbocycles. The number of carbonyl (C=O) groups excluding carboxylic acids is 3. The van der Waals surface area contributed by atoms with Crippen LogP contribution in [0.5, 0.6) is 11.5 Å². The lowest BCUT2D eigenvalue weighted by Crippen LogP contribution is -2.54. The van der Waals surface area contributed by atoms with Crippen LogP contribution < -0.4 is 14.8 Å². The number of carboxylic acid groups (broad SMARTS) is 1. The van der Waals surface area contributed by atoms with Gasteiger partial charge in [0.25, 0.3) is 0 Å². The third-order valence-corrected chi connectivity index (χ3v) is 5.81.